The number of carbonyl (C=O) groups excluding carboxylic acids is 1. The number of rotatable bonds is 3. The lowest BCUT2D eigenvalue weighted by atomic mass is 9.91. The van der Waals surface area contributed by atoms with Crippen LogP contribution in [0.5, 0.6) is 0 Å². The highest BCUT2D eigenvalue weighted by Gasteiger charge is 2.68. The number of hydrogen-bond acceptors (Lipinski definition) is 2. The molecule has 1 heterocycles. The molecule has 0 aromatic carbocycles. The third-order valence-electron chi connectivity index (χ3n) is 5.38. The van der Waals surface area contributed by atoms with Gasteiger partial charge in [0, 0.05) is 25.0 Å². The molecule has 3 nitrogen and oxygen atoms in total. The van der Waals surface area contributed by atoms with E-state index in [2.05, 4.69) is 33.0 Å². The van der Waals surface area contributed by atoms with Crippen LogP contribution < -0.4 is 5.32 Å². The largest absolute Gasteiger partial charge is 0.381 e. The molecule has 0 spiro atoms. The molecule has 1 amide bonds. The van der Waals surface area contributed by atoms with Crippen molar-refractivity contribution in [3.8, 4) is 0 Å². The first-order valence-electron chi connectivity index (χ1n) is 6.73. The molecule has 1 saturated carbocycles. The quantitative estimate of drug-likeness (QED) is 0.803. The zero-order chi connectivity index (χ0) is 13.6. The second kappa shape index (κ2) is 4.38. The van der Waals surface area contributed by atoms with E-state index < -0.39 is 0 Å². The van der Waals surface area contributed by atoms with Crippen LogP contribution in [0.3, 0.4) is 0 Å². The third kappa shape index (κ3) is 2.05. The molecule has 1 N–H and O–H groups in total. The lowest BCUT2D eigenvalue weighted by molar-refractivity contribution is -0.126. The van der Waals surface area contributed by atoms with Crippen molar-refractivity contribution >= 4 is 17.5 Å². The number of alkyl halides is 1. The molecule has 2 rings (SSSR count). The molecule has 0 unspecified atom stereocenters. The third-order valence-corrected chi connectivity index (χ3v) is 5.89. The Morgan fingerprint density at radius 1 is 1.22 bits per heavy atom. The summed E-state index contributed by atoms with van der Waals surface area (Å²) in [7, 11) is 0. The Balaban J connectivity index is 2.03. The molecule has 2 aliphatic rings. The molecular formula is C14H24ClNO2. The van der Waals surface area contributed by atoms with Crippen molar-refractivity contribution in [2.45, 2.75) is 46.1 Å². The van der Waals surface area contributed by atoms with Gasteiger partial charge in [0.2, 0.25) is 5.91 Å². The number of halogens is 1. The Morgan fingerprint density at radius 3 is 2.11 bits per heavy atom. The smallest absolute Gasteiger partial charge is 0.224 e. The van der Waals surface area contributed by atoms with Crippen LogP contribution in [0.1, 0.15) is 40.5 Å². The topological polar surface area (TPSA) is 38.3 Å². The van der Waals surface area contributed by atoms with Gasteiger partial charge >= 0.3 is 0 Å². The van der Waals surface area contributed by atoms with Gasteiger partial charge in [-0.25, -0.2) is 0 Å². The van der Waals surface area contributed by atoms with Crippen molar-refractivity contribution < 1.29 is 9.53 Å². The summed E-state index contributed by atoms with van der Waals surface area (Å²) in [6, 6.07) is 0. The maximum atomic E-state index is 12.5. The SMILES string of the molecule is CC1(C)C(C(=O)NC2(CCl)CCOCC2)C1(C)C. The van der Waals surface area contributed by atoms with E-state index >= 15 is 0 Å². The van der Waals surface area contributed by atoms with E-state index in [0.29, 0.717) is 19.1 Å². The fourth-order valence-electron chi connectivity index (χ4n) is 3.24. The van der Waals surface area contributed by atoms with Gasteiger partial charge in [-0.15, -0.1) is 11.6 Å². The van der Waals surface area contributed by atoms with Gasteiger partial charge in [0.15, 0.2) is 0 Å². The molecular weight excluding hydrogens is 250 g/mol. The zero-order valence-electron chi connectivity index (χ0n) is 11.8. The first-order chi connectivity index (χ1) is 8.27. The summed E-state index contributed by atoms with van der Waals surface area (Å²) in [5.41, 5.74) is -0.100. The van der Waals surface area contributed by atoms with Crippen molar-refractivity contribution in [1.82, 2.24) is 5.32 Å². The lowest BCUT2D eigenvalue weighted by Gasteiger charge is -2.36. The monoisotopic (exact) mass is 273 g/mol. The Hall–Kier alpha value is -0.280. The molecule has 0 radical (unpaired) electrons. The molecule has 1 saturated heterocycles. The molecule has 18 heavy (non-hydrogen) atoms. The maximum Gasteiger partial charge on any atom is 0.224 e. The van der Waals surface area contributed by atoms with Crippen LogP contribution in [0.2, 0.25) is 0 Å². The first kappa shape index (κ1) is 14.1. The van der Waals surface area contributed by atoms with Crippen molar-refractivity contribution in [2.24, 2.45) is 16.7 Å². The van der Waals surface area contributed by atoms with E-state index in [1.54, 1.807) is 0 Å². The van der Waals surface area contributed by atoms with Gasteiger partial charge in [0.25, 0.3) is 0 Å². The van der Waals surface area contributed by atoms with E-state index in [9.17, 15) is 4.79 Å². The van der Waals surface area contributed by atoms with Gasteiger partial charge < -0.3 is 10.1 Å². The van der Waals surface area contributed by atoms with Crippen LogP contribution in [0.15, 0.2) is 0 Å². The predicted molar refractivity (Wildman–Crippen MR) is 72.7 cm³/mol. The number of carbonyl (C=O) groups is 1. The normalized spacial score (nSPS) is 28.7. The van der Waals surface area contributed by atoms with Crippen LogP contribution in [0.25, 0.3) is 0 Å². The molecule has 104 valence electrons. The van der Waals surface area contributed by atoms with Gasteiger partial charge in [-0.2, -0.15) is 0 Å². The van der Waals surface area contributed by atoms with E-state index in [1.165, 1.54) is 0 Å². The Labute approximate surface area is 115 Å². The first-order valence-corrected chi connectivity index (χ1v) is 7.26. The maximum absolute atomic E-state index is 12.5. The average Bonchev–Trinajstić information content (AvgIpc) is 2.70. The summed E-state index contributed by atoms with van der Waals surface area (Å²) in [6.07, 6.45) is 1.63. The van der Waals surface area contributed by atoms with Crippen LogP contribution in [0, 0.1) is 16.7 Å². The summed E-state index contributed by atoms with van der Waals surface area (Å²) in [5.74, 6) is 0.718. The molecule has 0 bridgehead atoms. The zero-order valence-corrected chi connectivity index (χ0v) is 12.6. The van der Waals surface area contributed by atoms with E-state index in [4.69, 9.17) is 16.3 Å². The highest BCUT2D eigenvalue weighted by atomic mass is 35.5. The number of hydrogen-bond donors (Lipinski definition) is 1. The minimum atomic E-state index is -0.258. The molecule has 1 aliphatic carbocycles. The van der Waals surface area contributed by atoms with Crippen molar-refractivity contribution in [1.29, 1.82) is 0 Å². The summed E-state index contributed by atoms with van der Waals surface area (Å²) in [6.45, 7) is 10.0. The summed E-state index contributed by atoms with van der Waals surface area (Å²) < 4.78 is 5.36. The second-order valence-corrected chi connectivity index (χ2v) is 7.16. The molecule has 0 aromatic rings. The Kier molecular flexibility index (Phi) is 3.44. The van der Waals surface area contributed by atoms with Gasteiger partial charge in [0.1, 0.15) is 0 Å². The number of amides is 1. The summed E-state index contributed by atoms with van der Waals surface area (Å²) in [4.78, 5) is 12.5. The van der Waals surface area contributed by atoms with Crippen molar-refractivity contribution in [3.63, 3.8) is 0 Å². The summed E-state index contributed by atoms with van der Waals surface area (Å²) >= 11 is 6.08. The Bertz CT molecular complexity index is 332. The highest BCUT2D eigenvalue weighted by Crippen LogP contribution is 2.68. The van der Waals surface area contributed by atoms with Gasteiger partial charge in [0.05, 0.1) is 5.54 Å². The van der Waals surface area contributed by atoms with Crippen molar-refractivity contribution in [3.05, 3.63) is 0 Å². The minimum absolute atomic E-state index is 0.0791. The number of nitrogens with one attached hydrogen (secondary N) is 1. The summed E-state index contributed by atoms with van der Waals surface area (Å²) in [5, 5.41) is 3.20. The van der Waals surface area contributed by atoms with Gasteiger partial charge in [-0.1, -0.05) is 27.7 Å². The highest BCUT2D eigenvalue weighted by molar-refractivity contribution is 6.18. The fourth-order valence-corrected chi connectivity index (χ4v) is 3.57. The number of ether oxygens (including phenoxy) is 1. The fraction of sp³-hybridized carbons (Fsp3) is 0.929. The molecule has 1 aliphatic heterocycles. The molecule has 0 aromatic heterocycles. The van der Waals surface area contributed by atoms with Gasteiger partial charge in [-0.3, -0.25) is 4.79 Å². The van der Waals surface area contributed by atoms with Crippen LogP contribution in [-0.4, -0.2) is 30.5 Å². The predicted octanol–water partition coefficient (Wildman–Crippen LogP) is 2.57. The Morgan fingerprint density at radius 2 is 1.72 bits per heavy atom. The van der Waals surface area contributed by atoms with E-state index in [-0.39, 0.29) is 28.2 Å². The van der Waals surface area contributed by atoms with Crippen LogP contribution in [0.4, 0.5) is 0 Å². The minimum Gasteiger partial charge on any atom is -0.381 e. The van der Waals surface area contributed by atoms with E-state index in [1.807, 2.05) is 0 Å². The second-order valence-electron chi connectivity index (χ2n) is 6.89. The molecule has 4 heteroatoms. The lowest BCUT2D eigenvalue weighted by Crippen LogP contribution is -2.54. The van der Waals surface area contributed by atoms with E-state index in [0.717, 1.165) is 12.8 Å². The van der Waals surface area contributed by atoms with Crippen molar-refractivity contribution in [2.75, 3.05) is 19.1 Å². The standard InChI is InChI=1S/C14H24ClNO2/c1-12(2)10(13(12,3)4)11(17)16-14(9-15)5-7-18-8-6-14/h10H,5-9H2,1-4H3,(H,16,17). The average molecular weight is 274 g/mol. The van der Waals surface area contributed by atoms with Crippen LogP contribution in [-0.2, 0) is 9.53 Å². The van der Waals surface area contributed by atoms with Gasteiger partial charge in [-0.05, 0) is 23.7 Å². The van der Waals surface area contributed by atoms with Crippen LogP contribution >= 0.6 is 11.6 Å². The molecule has 2 fully saturated rings. The molecule has 0 atom stereocenters.